The Kier molecular flexibility index (Phi) is 2.58. The average molecular weight is 201 g/mol. The highest BCUT2D eigenvalue weighted by molar-refractivity contribution is 6.10. The second-order valence-electron chi connectivity index (χ2n) is 4.10. The zero-order chi connectivity index (χ0) is 10.8. The molecule has 0 unspecified atom stereocenters. The monoisotopic (exact) mass is 201 g/mol. The molecule has 0 aliphatic heterocycles. The van der Waals surface area contributed by atoms with Gasteiger partial charge in [-0.05, 0) is 18.4 Å². The number of ketones is 1. The summed E-state index contributed by atoms with van der Waals surface area (Å²) < 4.78 is 0. The zero-order valence-corrected chi connectivity index (χ0v) is 9.16. The summed E-state index contributed by atoms with van der Waals surface area (Å²) in [5, 5.41) is 0. The van der Waals surface area contributed by atoms with Crippen LogP contribution in [-0.2, 0) is 6.42 Å². The van der Waals surface area contributed by atoms with E-state index in [1.165, 1.54) is 5.56 Å². The SMILES string of the molecule is CN(C)/C=C1\CCc2ccccc2C1=O. The van der Waals surface area contributed by atoms with Gasteiger partial charge >= 0.3 is 0 Å². The Bertz CT molecular complexity index is 418. The van der Waals surface area contributed by atoms with Crippen LogP contribution < -0.4 is 0 Å². The van der Waals surface area contributed by atoms with Crippen molar-refractivity contribution in [2.24, 2.45) is 0 Å². The summed E-state index contributed by atoms with van der Waals surface area (Å²) in [6, 6.07) is 7.88. The Labute approximate surface area is 90.2 Å². The first-order valence-electron chi connectivity index (χ1n) is 5.18. The maximum Gasteiger partial charge on any atom is 0.190 e. The van der Waals surface area contributed by atoms with Crippen LogP contribution in [-0.4, -0.2) is 24.8 Å². The first-order valence-corrected chi connectivity index (χ1v) is 5.18. The van der Waals surface area contributed by atoms with E-state index >= 15 is 0 Å². The van der Waals surface area contributed by atoms with E-state index in [9.17, 15) is 4.79 Å². The number of Topliss-reactive ketones (excluding diaryl/α,β-unsaturated/α-hetero) is 1. The molecule has 0 bridgehead atoms. The van der Waals surface area contributed by atoms with Crippen LogP contribution >= 0.6 is 0 Å². The van der Waals surface area contributed by atoms with Crippen molar-refractivity contribution in [3.63, 3.8) is 0 Å². The smallest absolute Gasteiger partial charge is 0.190 e. The van der Waals surface area contributed by atoms with Gasteiger partial charge in [0.05, 0.1) is 0 Å². The van der Waals surface area contributed by atoms with Gasteiger partial charge in [-0.1, -0.05) is 24.3 Å². The Hall–Kier alpha value is -1.57. The summed E-state index contributed by atoms with van der Waals surface area (Å²) in [6.07, 6.45) is 3.76. The standard InChI is InChI=1S/C13H15NO/c1-14(2)9-11-8-7-10-5-3-4-6-12(10)13(11)15/h3-6,9H,7-8H2,1-2H3/b11-9+. The maximum absolute atomic E-state index is 12.1. The quantitative estimate of drug-likeness (QED) is 0.649. The summed E-state index contributed by atoms with van der Waals surface area (Å²) in [4.78, 5) is 14.0. The van der Waals surface area contributed by atoms with E-state index in [1.54, 1.807) is 0 Å². The second kappa shape index (κ2) is 3.89. The molecule has 2 nitrogen and oxygen atoms in total. The Morgan fingerprint density at radius 3 is 2.67 bits per heavy atom. The molecule has 0 atom stereocenters. The van der Waals surface area contributed by atoms with Gasteiger partial charge in [-0.25, -0.2) is 0 Å². The fraction of sp³-hybridized carbons (Fsp3) is 0.308. The molecule has 0 spiro atoms. The van der Waals surface area contributed by atoms with E-state index in [0.29, 0.717) is 0 Å². The van der Waals surface area contributed by atoms with Crippen LogP contribution in [0.15, 0.2) is 36.0 Å². The number of hydrogen-bond donors (Lipinski definition) is 0. The second-order valence-corrected chi connectivity index (χ2v) is 4.10. The molecule has 0 radical (unpaired) electrons. The van der Waals surface area contributed by atoms with Crippen LogP contribution in [0.2, 0.25) is 0 Å². The van der Waals surface area contributed by atoms with Gasteiger partial charge in [-0.3, -0.25) is 4.79 Å². The highest BCUT2D eigenvalue weighted by Gasteiger charge is 2.21. The summed E-state index contributed by atoms with van der Waals surface area (Å²) in [5.41, 5.74) is 2.97. The normalized spacial score (nSPS) is 17.7. The van der Waals surface area contributed by atoms with E-state index in [2.05, 4.69) is 0 Å². The summed E-state index contributed by atoms with van der Waals surface area (Å²) in [5.74, 6) is 0.186. The van der Waals surface area contributed by atoms with E-state index < -0.39 is 0 Å². The average Bonchev–Trinajstić information content (AvgIpc) is 2.22. The fourth-order valence-electron chi connectivity index (χ4n) is 1.95. The lowest BCUT2D eigenvalue weighted by Gasteiger charge is -2.18. The summed E-state index contributed by atoms with van der Waals surface area (Å²) in [7, 11) is 3.89. The third kappa shape index (κ3) is 1.94. The molecular weight excluding hydrogens is 186 g/mol. The van der Waals surface area contributed by atoms with Crippen molar-refractivity contribution < 1.29 is 4.79 Å². The highest BCUT2D eigenvalue weighted by Crippen LogP contribution is 2.24. The molecule has 0 heterocycles. The van der Waals surface area contributed by atoms with E-state index in [1.807, 2.05) is 49.5 Å². The molecule has 1 aromatic rings. The predicted molar refractivity (Wildman–Crippen MR) is 60.9 cm³/mol. The van der Waals surface area contributed by atoms with E-state index in [0.717, 1.165) is 24.0 Å². The fourth-order valence-corrected chi connectivity index (χ4v) is 1.95. The Morgan fingerprint density at radius 2 is 1.93 bits per heavy atom. The number of nitrogens with zero attached hydrogens (tertiary/aromatic N) is 1. The highest BCUT2D eigenvalue weighted by atomic mass is 16.1. The molecule has 78 valence electrons. The molecule has 1 aliphatic rings. The minimum absolute atomic E-state index is 0.186. The molecule has 0 saturated carbocycles. The predicted octanol–water partition coefficient (Wildman–Crippen LogP) is 2.26. The topological polar surface area (TPSA) is 20.3 Å². The number of rotatable bonds is 1. The van der Waals surface area contributed by atoms with Crippen molar-refractivity contribution in [1.82, 2.24) is 4.90 Å². The number of carbonyl (C=O) groups is 1. The number of allylic oxidation sites excluding steroid dienone is 1. The lowest BCUT2D eigenvalue weighted by Crippen LogP contribution is -2.16. The molecule has 0 N–H and O–H groups in total. The molecule has 0 aromatic heterocycles. The van der Waals surface area contributed by atoms with Crippen LogP contribution in [0.1, 0.15) is 22.3 Å². The third-order valence-electron chi connectivity index (χ3n) is 2.63. The van der Waals surface area contributed by atoms with E-state index in [4.69, 9.17) is 0 Å². The zero-order valence-electron chi connectivity index (χ0n) is 9.16. The van der Waals surface area contributed by atoms with Gasteiger partial charge in [-0.15, -0.1) is 0 Å². The molecule has 0 fully saturated rings. The van der Waals surface area contributed by atoms with Crippen molar-refractivity contribution in [3.05, 3.63) is 47.2 Å². The van der Waals surface area contributed by atoms with Crippen LogP contribution in [0.5, 0.6) is 0 Å². The minimum atomic E-state index is 0.186. The van der Waals surface area contributed by atoms with Crippen molar-refractivity contribution in [3.8, 4) is 0 Å². The van der Waals surface area contributed by atoms with Crippen molar-refractivity contribution in [1.29, 1.82) is 0 Å². The number of hydrogen-bond acceptors (Lipinski definition) is 2. The summed E-state index contributed by atoms with van der Waals surface area (Å²) in [6.45, 7) is 0. The lowest BCUT2D eigenvalue weighted by molar-refractivity contribution is 0.102. The minimum Gasteiger partial charge on any atom is -0.383 e. The van der Waals surface area contributed by atoms with Gasteiger partial charge in [0.1, 0.15) is 0 Å². The largest absolute Gasteiger partial charge is 0.383 e. The van der Waals surface area contributed by atoms with Crippen molar-refractivity contribution >= 4 is 5.78 Å². The van der Waals surface area contributed by atoms with Crippen molar-refractivity contribution in [2.75, 3.05) is 14.1 Å². The van der Waals surface area contributed by atoms with Crippen LogP contribution in [0.25, 0.3) is 0 Å². The van der Waals surface area contributed by atoms with Crippen LogP contribution in [0.4, 0.5) is 0 Å². The number of benzene rings is 1. The van der Waals surface area contributed by atoms with Gasteiger partial charge in [0.2, 0.25) is 0 Å². The van der Waals surface area contributed by atoms with Crippen molar-refractivity contribution in [2.45, 2.75) is 12.8 Å². The third-order valence-corrected chi connectivity index (χ3v) is 2.63. The van der Waals surface area contributed by atoms with Gasteiger partial charge < -0.3 is 4.90 Å². The van der Waals surface area contributed by atoms with Crippen LogP contribution in [0, 0.1) is 0 Å². The van der Waals surface area contributed by atoms with Gasteiger partial charge in [-0.2, -0.15) is 0 Å². The number of aryl methyl sites for hydroxylation is 1. The summed E-state index contributed by atoms with van der Waals surface area (Å²) >= 11 is 0. The van der Waals surface area contributed by atoms with Gasteiger partial charge in [0, 0.05) is 31.4 Å². The molecule has 2 heteroatoms. The molecule has 0 saturated heterocycles. The first kappa shape index (κ1) is 9.97. The van der Waals surface area contributed by atoms with Crippen LogP contribution in [0.3, 0.4) is 0 Å². The molecule has 1 aromatic carbocycles. The molecule has 1 aliphatic carbocycles. The van der Waals surface area contributed by atoms with E-state index in [-0.39, 0.29) is 5.78 Å². The maximum atomic E-state index is 12.1. The molecular formula is C13H15NO. The number of carbonyl (C=O) groups excluding carboxylic acids is 1. The molecule has 0 amide bonds. The lowest BCUT2D eigenvalue weighted by atomic mass is 9.87. The Balaban J connectivity index is 2.38. The number of fused-ring (bicyclic) bond motifs is 1. The molecule has 15 heavy (non-hydrogen) atoms. The van der Waals surface area contributed by atoms with Gasteiger partial charge in [0.15, 0.2) is 5.78 Å². The Morgan fingerprint density at radius 1 is 1.20 bits per heavy atom. The first-order chi connectivity index (χ1) is 7.18. The molecule has 2 rings (SSSR count). The van der Waals surface area contributed by atoms with Gasteiger partial charge in [0.25, 0.3) is 0 Å².